The molecule has 1 N–H and O–H groups in total. The number of nitrogens with zero attached hydrogens (tertiary/aromatic N) is 2. The van der Waals surface area contributed by atoms with Crippen molar-refractivity contribution in [3.05, 3.63) is 52.5 Å². The van der Waals surface area contributed by atoms with Crippen LogP contribution in [0.3, 0.4) is 0 Å². The van der Waals surface area contributed by atoms with Gasteiger partial charge in [-0.2, -0.15) is 0 Å². The molecule has 1 heterocycles. The lowest BCUT2D eigenvalue weighted by atomic mass is 10.2. The molecule has 2 aromatic carbocycles. The van der Waals surface area contributed by atoms with Crippen LogP contribution in [0.2, 0.25) is 10.0 Å². The second-order valence-corrected chi connectivity index (χ2v) is 7.10. The maximum Gasteiger partial charge on any atom is 0.265 e. The minimum Gasteiger partial charge on any atom is -0.482 e. The molecule has 0 aliphatic carbocycles. The first kappa shape index (κ1) is 21.0. The van der Waals surface area contributed by atoms with Gasteiger partial charge in [0, 0.05) is 6.54 Å². The Balaban J connectivity index is 1.68. The minimum absolute atomic E-state index is 0.137. The first-order chi connectivity index (χ1) is 13.9. The van der Waals surface area contributed by atoms with E-state index < -0.39 is 5.91 Å². The third-order valence-electron chi connectivity index (χ3n) is 4.40. The number of fused-ring (bicyclic) bond motifs is 1. The van der Waals surface area contributed by atoms with Crippen LogP contribution >= 0.6 is 23.2 Å². The van der Waals surface area contributed by atoms with E-state index >= 15 is 0 Å². The number of ether oxygens (including phenoxy) is 1. The Bertz CT molecular complexity index is 931. The lowest BCUT2D eigenvalue weighted by Crippen LogP contribution is -2.48. The third kappa shape index (κ3) is 4.81. The minimum atomic E-state index is -0.441. The Labute approximate surface area is 178 Å². The van der Waals surface area contributed by atoms with E-state index in [1.807, 2.05) is 0 Å². The van der Waals surface area contributed by atoms with Crippen LogP contribution in [0.25, 0.3) is 0 Å². The number of nitrogens with one attached hydrogen (secondary N) is 1. The number of hydrogen-bond donors (Lipinski definition) is 1. The van der Waals surface area contributed by atoms with Crippen molar-refractivity contribution in [3.8, 4) is 5.75 Å². The maximum absolute atomic E-state index is 12.8. The number of amides is 3. The van der Waals surface area contributed by atoms with Gasteiger partial charge in [0.1, 0.15) is 12.3 Å². The predicted molar refractivity (Wildman–Crippen MR) is 112 cm³/mol. The van der Waals surface area contributed by atoms with Crippen LogP contribution in [-0.4, -0.2) is 48.9 Å². The number of halogens is 2. The van der Waals surface area contributed by atoms with Crippen molar-refractivity contribution in [2.24, 2.45) is 0 Å². The third-order valence-corrected chi connectivity index (χ3v) is 5.03. The predicted octanol–water partition coefficient (Wildman–Crippen LogP) is 3.21. The zero-order chi connectivity index (χ0) is 21.0. The van der Waals surface area contributed by atoms with Gasteiger partial charge in [0.15, 0.2) is 6.61 Å². The average molecular weight is 436 g/mol. The van der Waals surface area contributed by atoms with Crippen molar-refractivity contribution in [1.29, 1.82) is 0 Å². The van der Waals surface area contributed by atoms with Crippen LogP contribution in [0.1, 0.15) is 6.92 Å². The van der Waals surface area contributed by atoms with Crippen molar-refractivity contribution in [2.75, 3.05) is 36.5 Å². The Hall–Kier alpha value is -2.77. The molecule has 152 valence electrons. The molecule has 0 spiro atoms. The largest absolute Gasteiger partial charge is 0.482 e. The quantitative estimate of drug-likeness (QED) is 0.755. The fourth-order valence-corrected chi connectivity index (χ4v) is 3.40. The summed E-state index contributed by atoms with van der Waals surface area (Å²) in [5.74, 6) is -0.587. The molecular formula is C20H19Cl2N3O4. The summed E-state index contributed by atoms with van der Waals surface area (Å²) in [6, 6.07) is 11.9. The van der Waals surface area contributed by atoms with Gasteiger partial charge in [0.05, 0.1) is 28.0 Å². The van der Waals surface area contributed by atoms with Gasteiger partial charge in [-0.05, 0) is 31.2 Å². The van der Waals surface area contributed by atoms with E-state index in [0.29, 0.717) is 33.7 Å². The molecule has 7 nitrogen and oxygen atoms in total. The van der Waals surface area contributed by atoms with E-state index in [0.717, 1.165) is 0 Å². The standard InChI is InChI=1S/C20H19Cl2N3O4/c1-2-24(10-17(26)23-20-13(21)6-5-7-14(20)22)18(27)11-25-15-8-3-4-9-16(15)29-12-19(25)28/h3-9H,2,10-12H2,1H3,(H,23,26). The van der Waals surface area contributed by atoms with Gasteiger partial charge in [-0.25, -0.2) is 0 Å². The Morgan fingerprint density at radius 3 is 2.52 bits per heavy atom. The summed E-state index contributed by atoms with van der Waals surface area (Å²) in [5, 5.41) is 3.23. The molecule has 0 atom stereocenters. The summed E-state index contributed by atoms with van der Waals surface area (Å²) in [6.07, 6.45) is 0. The van der Waals surface area contributed by atoms with Crippen molar-refractivity contribution in [1.82, 2.24) is 4.90 Å². The summed E-state index contributed by atoms with van der Waals surface area (Å²) in [4.78, 5) is 40.2. The van der Waals surface area contributed by atoms with Gasteiger partial charge < -0.3 is 15.0 Å². The van der Waals surface area contributed by atoms with Crippen molar-refractivity contribution >= 4 is 52.3 Å². The van der Waals surface area contributed by atoms with Gasteiger partial charge in [-0.1, -0.05) is 41.4 Å². The highest BCUT2D eigenvalue weighted by molar-refractivity contribution is 6.39. The van der Waals surface area contributed by atoms with Gasteiger partial charge in [-0.15, -0.1) is 0 Å². The topological polar surface area (TPSA) is 79.0 Å². The second-order valence-electron chi connectivity index (χ2n) is 6.29. The highest BCUT2D eigenvalue weighted by atomic mass is 35.5. The van der Waals surface area contributed by atoms with Crippen LogP contribution in [0, 0.1) is 0 Å². The van der Waals surface area contributed by atoms with Crippen LogP contribution < -0.4 is 15.0 Å². The highest BCUT2D eigenvalue weighted by Gasteiger charge is 2.29. The first-order valence-corrected chi connectivity index (χ1v) is 9.70. The fourth-order valence-electron chi connectivity index (χ4n) is 2.91. The molecule has 29 heavy (non-hydrogen) atoms. The molecule has 9 heteroatoms. The van der Waals surface area contributed by atoms with Gasteiger partial charge >= 0.3 is 0 Å². The zero-order valence-corrected chi connectivity index (χ0v) is 17.2. The Kier molecular flexibility index (Phi) is 6.61. The van der Waals surface area contributed by atoms with Gasteiger partial charge in [-0.3, -0.25) is 19.3 Å². The second kappa shape index (κ2) is 9.15. The van der Waals surface area contributed by atoms with E-state index in [4.69, 9.17) is 27.9 Å². The molecule has 1 aliphatic heterocycles. The molecule has 3 amide bonds. The highest BCUT2D eigenvalue weighted by Crippen LogP contribution is 2.31. The molecule has 0 saturated heterocycles. The summed E-state index contributed by atoms with van der Waals surface area (Å²) in [5.41, 5.74) is 0.821. The normalized spacial score (nSPS) is 12.8. The lowest BCUT2D eigenvalue weighted by molar-refractivity contribution is -0.134. The molecule has 0 radical (unpaired) electrons. The molecular weight excluding hydrogens is 417 g/mol. The van der Waals surface area contributed by atoms with E-state index in [-0.39, 0.29) is 31.5 Å². The van der Waals surface area contributed by atoms with E-state index in [1.54, 1.807) is 49.4 Å². The van der Waals surface area contributed by atoms with Crippen molar-refractivity contribution < 1.29 is 19.1 Å². The molecule has 2 aromatic rings. The molecule has 0 bridgehead atoms. The number of benzene rings is 2. The molecule has 3 rings (SSSR count). The number of likely N-dealkylation sites (N-methyl/N-ethyl adjacent to an activating group) is 1. The lowest BCUT2D eigenvalue weighted by Gasteiger charge is -2.30. The number of carbonyl (C=O) groups excluding carboxylic acids is 3. The molecule has 0 aromatic heterocycles. The average Bonchev–Trinajstić information content (AvgIpc) is 2.71. The summed E-state index contributed by atoms with van der Waals surface area (Å²) in [6.45, 7) is 1.53. The van der Waals surface area contributed by atoms with Crippen LogP contribution in [0.5, 0.6) is 5.75 Å². The summed E-state index contributed by atoms with van der Waals surface area (Å²) >= 11 is 12.1. The van der Waals surface area contributed by atoms with Gasteiger partial charge in [0.25, 0.3) is 5.91 Å². The molecule has 0 saturated carbocycles. The van der Waals surface area contributed by atoms with E-state index in [2.05, 4.69) is 5.32 Å². The fraction of sp³-hybridized carbons (Fsp3) is 0.250. The summed E-state index contributed by atoms with van der Waals surface area (Å²) in [7, 11) is 0. The number of hydrogen-bond acceptors (Lipinski definition) is 4. The van der Waals surface area contributed by atoms with E-state index in [1.165, 1.54) is 9.80 Å². The monoisotopic (exact) mass is 435 g/mol. The van der Waals surface area contributed by atoms with Crippen molar-refractivity contribution in [3.63, 3.8) is 0 Å². The maximum atomic E-state index is 12.8. The van der Waals surface area contributed by atoms with Gasteiger partial charge in [0.2, 0.25) is 11.8 Å². The number of para-hydroxylation sites is 3. The van der Waals surface area contributed by atoms with Crippen LogP contribution in [0.15, 0.2) is 42.5 Å². The smallest absolute Gasteiger partial charge is 0.265 e. The molecule has 0 fully saturated rings. The number of carbonyl (C=O) groups is 3. The van der Waals surface area contributed by atoms with Crippen LogP contribution in [-0.2, 0) is 14.4 Å². The molecule has 1 aliphatic rings. The summed E-state index contributed by atoms with van der Waals surface area (Å²) < 4.78 is 5.38. The van der Waals surface area contributed by atoms with Crippen molar-refractivity contribution in [2.45, 2.75) is 6.92 Å². The number of anilines is 2. The van der Waals surface area contributed by atoms with Crippen LogP contribution in [0.4, 0.5) is 11.4 Å². The molecule has 0 unspecified atom stereocenters. The first-order valence-electron chi connectivity index (χ1n) is 8.94. The Morgan fingerprint density at radius 1 is 1.14 bits per heavy atom. The zero-order valence-electron chi connectivity index (χ0n) is 15.7. The Morgan fingerprint density at radius 2 is 1.83 bits per heavy atom. The SMILES string of the molecule is CCN(CC(=O)Nc1c(Cl)cccc1Cl)C(=O)CN1C(=O)COc2ccccc21. The van der Waals surface area contributed by atoms with E-state index in [9.17, 15) is 14.4 Å². The number of rotatable bonds is 6.